The maximum absolute atomic E-state index is 13.0. The Hall–Kier alpha value is -2.08. The zero-order valence-corrected chi connectivity index (χ0v) is 17.7. The number of cyclic esters (lactones) is 1. The SMILES string of the molecule is O=C1CC(C(=O)N2CCC[C@@H]2Oc2ccc3c(c2)CCN(C2CCC2)CC3)CCO1. The fourth-order valence-corrected chi connectivity index (χ4v) is 5.30. The van der Waals surface area contributed by atoms with Crippen molar-refractivity contribution in [1.82, 2.24) is 9.80 Å². The van der Waals surface area contributed by atoms with Crippen LogP contribution in [0.15, 0.2) is 18.2 Å². The fraction of sp³-hybridized carbons (Fsp3) is 0.667. The molecule has 2 saturated heterocycles. The number of fused-ring (bicyclic) bond motifs is 1. The summed E-state index contributed by atoms with van der Waals surface area (Å²) in [5.74, 6) is 0.372. The Labute approximate surface area is 178 Å². The van der Waals surface area contributed by atoms with E-state index in [2.05, 4.69) is 23.1 Å². The molecule has 0 aromatic heterocycles. The fourth-order valence-electron chi connectivity index (χ4n) is 5.30. The number of carbonyl (C=O) groups excluding carboxylic acids is 2. The van der Waals surface area contributed by atoms with Crippen molar-refractivity contribution in [2.24, 2.45) is 5.92 Å². The van der Waals surface area contributed by atoms with Crippen molar-refractivity contribution >= 4 is 11.9 Å². The molecule has 30 heavy (non-hydrogen) atoms. The lowest BCUT2D eigenvalue weighted by Crippen LogP contribution is -2.44. The van der Waals surface area contributed by atoms with Gasteiger partial charge in [0, 0.05) is 32.1 Å². The van der Waals surface area contributed by atoms with E-state index < -0.39 is 0 Å². The van der Waals surface area contributed by atoms with Gasteiger partial charge in [-0.3, -0.25) is 14.5 Å². The molecule has 0 N–H and O–H groups in total. The largest absolute Gasteiger partial charge is 0.470 e. The summed E-state index contributed by atoms with van der Waals surface area (Å²) in [5, 5.41) is 0. The van der Waals surface area contributed by atoms with E-state index in [0.29, 0.717) is 19.6 Å². The van der Waals surface area contributed by atoms with E-state index in [4.69, 9.17) is 9.47 Å². The highest BCUT2D eigenvalue weighted by atomic mass is 16.5. The number of amides is 1. The number of likely N-dealkylation sites (tertiary alicyclic amines) is 1. The average molecular weight is 413 g/mol. The molecule has 5 rings (SSSR count). The molecule has 0 bridgehead atoms. The van der Waals surface area contributed by atoms with Crippen LogP contribution in [-0.2, 0) is 27.2 Å². The van der Waals surface area contributed by atoms with Crippen LogP contribution < -0.4 is 4.74 Å². The summed E-state index contributed by atoms with van der Waals surface area (Å²) in [7, 11) is 0. The van der Waals surface area contributed by atoms with Crippen LogP contribution in [0.5, 0.6) is 5.75 Å². The molecule has 3 aliphatic heterocycles. The molecule has 3 heterocycles. The summed E-state index contributed by atoms with van der Waals surface area (Å²) >= 11 is 0. The van der Waals surface area contributed by atoms with Gasteiger partial charge in [0.1, 0.15) is 5.75 Å². The third-order valence-electron chi connectivity index (χ3n) is 7.35. The van der Waals surface area contributed by atoms with Gasteiger partial charge >= 0.3 is 5.97 Å². The maximum atomic E-state index is 13.0. The summed E-state index contributed by atoms with van der Waals surface area (Å²) in [6, 6.07) is 7.27. The van der Waals surface area contributed by atoms with Crippen molar-refractivity contribution in [3.63, 3.8) is 0 Å². The van der Waals surface area contributed by atoms with Crippen molar-refractivity contribution in [3.05, 3.63) is 29.3 Å². The van der Waals surface area contributed by atoms with Crippen LogP contribution in [0.2, 0.25) is 0 Å². The van der Waals surface area contributed by atoms with Gasteiger partial charge in [0.2, 0.25) is 5.91 Å². The summed E-state index contributed by atoms with van der Waals surface area (Å²) < 4.78 is 11.3. The number of nitrogens with zero attached hydrogens (tertiary/aromatic N) is 2. The quantitative estimate of drug-likeness (QED) is 0.712. The number of hydrogen-bond donors (Lipinski definition) is 0. The Kier molecular flexibility index (Phi) is 5.68. The minimum Gasteiger partial charge on any atom is -0.470 e. The first-order chi connectivity index (χ1) is 14.7. The summed E-state index contributed by atoms with van der Waals surface area (Å²) in [5.41, 5.74) is 2.82. The molecule has 4 aliphatic rings. The lowest BCUT2D eigenvalue weighted by molar-refractivity contribution is -0.157. The van der Waals surface area contributed by atoms with Crippen molar-refractivity contribution < 1.29 is 19.1 Å². The molecule has 1 unspecified atom stereocenters. The van der Waals surface area contributed by atoms with Crippen molar-refractivity contribution in [2.75, 3.05) is 26.2 Å². The molecule has 0 spiro atoms. The van der Waals surface area contributed by atoms with E-state index in [1.807, 2.05) is 4.90 Å². The first-order valence-electron chi connectivity index (χ1n) is 11.7. The molecular weight excluding hydrogens is 380 g/mol. The Balaban J connectivity index is 1.24. The predicted octanol–water partition coefficient (Wildman–Crippen LogP) is 2.92. The van der Waals surface area contributed by atoms with E-state index in [0.717, 1.165) is 50.6 Å². The van der Waals surface area contributed by atoms with Crippen LogP contribution in [0.1, 0.15) is 56.1 Å². The van der Waals surface area contributed by atoms with Crippen LogP contribution >= 0.6 is 0 Å². The molecular formula is C24H32N2O4. The first kappa shape index (κ1) is 19.9. The topological polar surface area (TPSA) is 59.1 Å². The highest BCUT2D eigenvalue weighted by molar-refractivity contribution is 5.84. The third kappa shape index (κ3) is 4.07. The minimum atomic E-state index is -0.266. The van der Waals surface area contributed by atoms with Gasteiger partial charge in [0.25, 0.3) is 0 Å². The van der Waals surface area contributed by atoms with E-state index >= 15 is 0 Å². The molecule has 1 aromatic carbocycles. The predicted molar refractivity (Wildman–Crippen MR) is 112 cm³/mol. The van der Waals surface area contributed by atoms with E-state index in [1.165, 1.54) is 30.4 Å². The molecule has 3 fully saturated rings. The molecule has 162 valence electrons. The maximum Gasteiger partial charge on any atom is 0.306 e. The Morgan fingerprint density at radius 3 is 2.60 bits per heavy atom. The number of carbonyl (C=O) groups is 2. The first-order valence-corrected chi connectivity index (χ1v) is 11.7. The second-order valence-electron chi connectivity index (χ2n) is 9.21. The van der Waals surface area contributed by atoms with Gasteiger partial charge in [-0.25, -0.2) is 0 Å². The lowest BCUT2D eigenvalue weighted by Gasteiger charge is -2.36. The van der Waals surface area contributed by atoms with Gasteiger partial charge in [-0.1, -0.05) is 12.5 Å². The van der Waals surface area contributed by atoms with Crippen molar-refractivity contribution in [2.45, 2.75) is 70.1 Å². The van der Waals surface area contributed by atoms with Gasteiger partial charge in [-0.2, -0.15) is 0 Å². The number of rotatable bonds is 4. The summed E-state index contributed by atoms with van der Waals surface area (Å²) in [6.45, 7) is 3.34. The van der Waals surface area contributed by atoms with Crippen LogP contribution in [-0.4, -0.2) is 60.2 Å². The summed E-state index contributed by atoms with van der Waals surface area (Å²) in [6.07, 6.45) is 8.63. The minimum absolute atomic E-state index is 0.0417. The van der Waals surface area contributed by atoms with Gasteiger partial charge < -0.3 is 14.4 Å². The Morgan fingerprint density at radius 1 is 1.00 bits per heavy atom. The number of ether oxygens (including phenoxy) is 2. The van der Waals surface area contributed by atoms with E-state index in [1.54, 1.807) is 0 Å². The van der Waals surface area contributed by atoms with Crippen molar-refractivity contribution in [1.29, 1.82) is 0 Å². The second-order valence-corrected chi connectivity index (χ2v) is 9.21. The zero-order chi connectivity index (χ0) is 20.5. The van der Waals surface area contributed by atoms with Gasteiger partial charge in [0.05, 0.1) is 18.9 Å². The molecule has 2 atom stereocenters. The average Bonchev–Trinajstić information content (AvgIpc) is 3.07. The lowest BCUT2D eigenvalue weighted by atomic mass is 9.91. The second kappa shape index (κ2) is 8.58. The Bertz CT molecular complexity index is 806. The normalized spacial score (nSPS) is 27.7. The Morgan fingerprint density at radius 2 is 1.83 bits per heavy atom. The molecule has 6 nitrogen and oxygen atoms in total. The zero-order valence-electron chi connectivity index (χ0n) is 17.7. The van der Waals surface area contributed by atoms with Crippen molar-refractivity contribution in [3.8, 4) is 5.75 Å². The van der Waals surface area contributed by atoms with Gasteiger partial charge in [0.15, 0.2) is 6.23 Å². The van der Waals surface area contributed by atoms with Crippen LogP contribution in [0, 0.1) is 5.92 Å². The molecule has 1 saturated carbocycles. The molecule has 1 amide bonds. The number of esters is 1. The molecule has 0 radical (unpaired) electrons. The number of hydrogen-bond acceptors (Lipinski definition) is 5. The van der Waals surface area contributed by atoms with E-state index in [-0.39, 0.29) is 30.4 Å². The molecule has 6 heteroatoms. The monoisotopic (exact) mass is 412 g/mol. The van der Waals surface area contributed by atoms with Crippen LogP contribution in [0.3, 0.4) is 0 Å². The van der Waals surface area contributed by atoms with Gasteiger partial charge in [-0.15, -0.1) is 0 Å². The highest BCUT2D eigenvalue weighted by Crippen LogP contribution is 2.31. The number of benzene rings is 1. The highest BCUT2D eigenvalue weighted by Gasteiger charge is 2.37. The summed E-state index contributed by atoms with van der Waals surface area (Å²) in [4.78, 5) is 29.1. The smallest absolute Gasteiger partial charge is 0.306 e. The van der Waals surface area contributed by atoms with E-state index in [9.17, 15) is 9.59 Å². The third-order valence-corrected chi connectivity index (χ3v) is 7.35. The standard InChI is InChI=1S/C24H32N2O4/c27-23-16-19(10-14-29-23)24(28)26-11-2-5-22(26)30-21-7-6-17-8-12-25(20-3-1-4-20)13-9-18(17)15-21/h6-7,15,19-20,22H,1-5,8-14,16H2/t19?,22-/m0/s1. The molecule has 1 aliphatic carbocycles. The van der Waals surface area contributed by atoms with Gasteiger partial charge in [-0.05, 0) is 61.8 Å². The van der Waals surface area contributed by atoms with Crippen LogP contribution in [0.4, 0.5) is 0 Å². The molecule has 1 aromatic rings. The van der Waals surface area contributed by atoms with Crippen LogP contribution in [0.25, 0.3) is 0 Å².